The van der Waals surface area contributed by atoms with Crippen LogP contribution in [0.3, 0.4) is 0 Å². The number of hydrazine groups is 2. The Labute approximate surface area is 740 Å². The SMILES string of the molecule is C.CC(C)(C)[Si](C)(C)OCC(=O)NNC(=O)C1CC(NC(=O)c2cc(-c3ccccc3)on2)C1.CC(C)(C)[Si](C)(C)OCC(=O)O.CC(C)(C)[Si](C)(C)OCc1nnc(C2CC(NC(=O)c3cc(-c4ccccc4)on3)C2)o1.Cl.NNC(=O)C1CC(NC(=O)c2cc(-c3ccccc3)on2)C1.O=C(NC1CC(c2nnc(CO)o2)C1)c1cc(-c2ccccc2)on1. The quantitative estimate of drug-likeness (QED) is 0.0104. The lowest BCUT2D eigenvalue weighted by molar-refractivity contribution is -0.139. The van der Waals surface area contributed by atoms with Crippen LogP contribution < -0.4 is 43.4 Å². The van der Waals surface area contributed by atoms with Gasteiger partial charge >= 0.3 is 5.97 Å². The van der Waals surface area contributed by atoms with Gasteiger partial charge in [0.05, 0.1) is 0 Å². The number of aromatic nitrogens is 8. The van der Waals surface area contributed by atoms with Crippen molar-refractivity contribution in [3.05, 3.63) is 192 Å². The number of amides is 7. The normalized spacial score (nSPS) is 18.2. The number of carbonyl (C=O) groups excluding carboxylic acids is 7. The van der Waals surface area contributed by atoms with Gasteiger partial charge in [-0.25, -0.2) is 10.6 Å². The number of nitrogens with one attached hydrogen (secondary N) is 7. The van der Waals surface area contributed by atoms with E-state index in [4.69, 9.17) is 56.3 Å². The fraction of sp³-hybridized carbons (Fsp3) is 0.448. The van der Waals surface area contributed by atoms with E-state index in [-0.39, 0.29) is 167 Å². The molecule has 0 radical (unpaired) electrons. The second-order valence-electron chi connectivity index (χ2n) is 35.4. The molecule has 6 aromatic heterocycles. The number of nitrogens with zero attached hydrogens (tertiary/aromatic N) is 8. The Balaban J connectivity index is 0.000000200. The van der Waals surface area contributed by atoms with Crippen molar-refractivity contribution in [1.29, 1.82) is 0 Å². The minimum Gasteiger partial charge on any atom is -0.480 e. The summed E-state index contributed by atoms with van der Waals surface area (Å²) in [6.07, 6.45) is 5.05. The van der Waals surface area contributed by atoms with E-state index in [1.54, 1.807) is 24.3 Å². The average molecular weight is 1810 g/mol. The van der Waals surface area contributed by atoms with Crippen molar-refractivity contribution in [2.75, 3.05) is 13.2 Å². The second kappa shape index (κ2) is 44.1. The van der Waals surface area contributed by atoms with Gasteiger partial charge in [0, 0.05) is 94.4 Å². The first-order chi connectivity index (χ1) is 58.6. The molecule has 0 bridgehead atoms. The summed E-state index contributed by atoms with van der Waals surface area (Å²) in [6.45, 7) is 31.5. The highest BCUT2D eigenvalue weighted by Gasteiger charge is 2.43. The van der Waals surface area contributed by atoms with Crippen LogP contribution in [0.15, 0.2) is 173 Å². The largest absolute Gasteiger partial charge is 0.480 e. The molecule has 0 unspecified atom stereocenters. The Morgan fingerprint density at radius 3 is 1.02 bits per heavy atom. The van der Waals surface area contributed by atoms with Crippen LogP contribution in [0.1, 0.15) is 198 Å². The summed E-state index contributed by atoms with van der Waals surface area (Å²) in [5.41, 5.74) is 11.4. The van der Waals surface area contributed by atoms with Crippen LogP contribution >= 0.6 is 12.4 Å². The van der Waals surface area contributed by atoms with Crippen LogP contribution in [0.4, 0.5) is 0 Å². The molecule has 11 N–H and O–H groups in total. The van der Waals surface area contributed by atoms with Gasteiger partial charge in [-0.2, -0.15) is 0 Å². The van der Waals surface area contributed by atoms with Crippen LogP contribution in [-0.4, -0.2) is 161 Å². The van der Waals surface area contributed by atoms with E-state index in [9.17, 15) is 38.4 Å². The number of aliphatic carboxylic acids is 1. The molecule has 4 aliphatic carbocycles. The van der Waals surface area contributed by atoms with Crippen molar-refractivity contribution in [3.8, 4) is 45.3 Å². The maximum Gasteiger partial charge on any atom is 0.328 e. The summed E-state index contributed by atoms with van der Waals surface area (Å²) >= 11 is 0. The Morgan fingerprint density at radius 2 is 0.714 bits per heavy atom. The van der Waals surface area contributed by atoms with Crippen molar-refractivity contribution in [3.63, 3.8) is 0 Å². The number of aliphatic hydroxyl groups excluding tert-OH is 1. The number of carboxylic acids is 1. The summed E-state index contributed by atoms with van der Waals surface area (Å²) in [6, 6.07) is 44.3. The Bertz CT molecular complexity index is 5200. The van der Waals surface area contributed by atoms with E-state index < -0.39 is 36.8 Å². The van der Waals surface area contributed by atoms with Gasteiger partial charge < -0.3 is 71.7 Å². The molecular weight excluding hydrogens is 1690 g/mol. The fourth-order valence-corrected chi connectivity index (χ4v) is 14.8. The second-order valence-corrected chi connectivity index (χ2v) is 49.9. The molecule has 0 saturated heterocycles. The smallest absolute Gasteiger partial charge is 0.328 e. The minimum atomic E-state index is -2.04. The number of carbonyl (C=O) groups is 8. The molecule has 6 heterocycles. The number of halogens is 1. The maximum absolute atomic E-state index is 12.5. The maximum atomic E-state index is 12.5. The van der Waals surface area contributed by atoms with Gasteiger partial charge in [0.2, 0.25) is 35.4 Å². The van der Waals surface area contributed by atoms with E-state index in [0.717, 1.165) is 35.1 Å². The van der Waals surface area contributed by atoms with Crippen molar-refractivity contribution < 1.29 is 88.8 Å². The molecule has 4 aromatic carbocycles. The van der Waals surface area contributed by atoms with Crippen molar-refractivity contribution in [2.45, 2.75) is 225 Å². The van der Waals surface area contributed by atoms with Gasteiger partial charge in [-0.3, -0.25) is 49.8 Å². The van der Waals surface area contributed by atoms with Gasteiger partial charge in [-0.1, -0.05) is 212 Å². The summed E-state index contributed by atoms with van der Waals surface area (Å²) in [7, 11) is -5.76. The van der Waals surface area contributed by atoms with Crippen molar-refractivity contribution in [1.82, 2.24) is 78.6 Å². The minimum absolute atomic E-state index is 0. The van der Waals surface area contributed by atoms with Crippen LogP contribution in [0.2, 0.25) is 54.4 Å². The molecule has 39 heteroatoms. The van der Waals surface area contributed by atoms with Crippen LogP contribution in [0.25, 0.3) is 45.3 Å². The highest BCUT2D eigenvalue weighted by Crippen LogP contribution is 2.42. The molecule has 678 valence electrons. The van der Waals surface area contributed by atoms with Gasteiger partial charge in [0.15, 0.2) is 70.8 Å². The standard InChI is InChI=1S/C23H32N4O5Si.C23H30N4O4Si.C17H16N4O4.C15H16N4O3.C8H18O3Si.CH4.ClH/c1-23(2,3)33(4,5)31-14-20(28)25-26-21(29)16-11-17(12-16)24-22(30)18-13-19(32-27-18)15-9-7-6-8-10-15;1-23(2,3)32(4,5)29-14-20-25-26-22(30-20)16-11-17(12-16)24-21(28)18-13-19(31-27-18)15-9-7-6-8-10-15;22-9-15-19-20-17(24-15)11-6-12(7-11)18-16(23)13-8-14(25-21-13)10-4-2-1-3-5-10;16-18-14(20)10-6-11(7-10)17-15(21)12-8-13(22-19-12)9-4-2-1-3-5-9;1-8(2,3)12(4,5)11-6-7(9)10;;/h6-10,13,16-17H,11-12,14H2,1-5H3,(H,24,30)(H,25,28)(H,26,29);6-10,13,16-17H,11-12,14H2,1-5H3,(H,24,28);1-5,8,11-12,22H,6-7,9H2,(H,18,23);1-5,8,10-11H,6-7,16H2,(H,17,21)(H,18,20);6H2,1-5H3,(H,9,10);1H4;1H. The summed E-state index contributed by atoms with van der Waals surface area (Å²) < 4.78 is 49.5. The Kier molecular flexibility index (Phi) is 35.0. The third kappa shape index (κ3) is 27.8. The van der Waals surface area contributed by atoms with E-state index in [1.807, 2.05) is 134 Å². The molecule has 4 fully saturated rings. The highest BCUT2D eigenvalue weighted by atomic mass is 35.5. The molecule has 126 heavy (non-hydrogen) atoms. The first kappa shape index (κ1) is 99.9. The number of benzene rings is 4. The lowest BCUT2D eigenvalue weighted by Crippen LogP contribution is -2.53. The molecular formula is C87H117ClN16O19Si3. The highest BCUT2D eigenvalue weighted by molar-refractivity contribution is 6.75. The molecule has 4 saturated carbocycles. The molecule has 0 aliphatic heterocycles. The monoisotopic (exact) mass is 1810 g/mol. The number of hydrogen-bond acceptors (Lipinski definition) is 27. The molecule has 4 aliphatic rings. The van der Waals surface area contributed by atoms with Crippen LogP contribution in [0, 0.1) is 11.8 Å². The predicted molar refractivity (Wildman–Crippen MR) is 475 cm³/mol. The predicted octanol–water partition coefficient (Wildman–Crippen LogP) is 13.8. The van der Waals surface area contributed by atoms with Crippen molar-refractivity contribution >= 4 is 84.7 Å². The van der Waals surface area contributed by atoms with Crippen LogP contribution in [-0.2, 0) is 45.7 Å². The molecule has 10 aromatic rings. The van der Waals surface area contributed by atoms with E-state index >= 15 is 0 Å². The summed E-state index contributed by atoms with van der Waals surface area (Å²) in [5.74, 6) is 5.99. The topological polar surface area (TPSA) is 497 Å². The average Bonchev–Trinajstić information content (AvgIpc) is 1.67. The van der Waals surface area contributed by atoms with E-state index in [2.05, 4.69) is 167 Å². The summed E-state index contributed by atoms with van der Waals surface area (Å²) in [4.78, 5) is 95.1. The third-order valence-corrected chi connectivity index (χ3v) is 36.6. The number of rotatable bonds is 26. The molecule has 0 atom stereocenters. The number of aliphatic hydroxyl groups is 1. The molecule has 35 nitrogen and oxygen atoms in total. The Hall–Kier alpha value is -11.5. The number of hydrogen-bond donors (Lipinski definition) is 10. The van der Waals surface area contributed by atoms with E-state index in [1.165, 1.54) is 0 Å². The number of carboxylic acid groups (broad SMARTS) is 1. The summed E-state index contributed by atoms with van der Waals surface area (Å²) in [5, 5.41) is 60.5. The number of nitrogens with two attached hydrogens (primary N) is 1. The zero-order valence-electron chi connectivity index (χ0n) is 72.9. The van der Waals surface area contributed by atoms with Crippen LogP contribution in [0.5, 0.6) is 0 Å². The third-order valence-electron chi connectivity index (χ3n) is 23.2. The lowest BCUT2D eigenvalue weighted by Gasteiger charge is -2.36. The van der Waals surface area contributed by atoms with Gasteiger partial charge in [0.1, 0.15) is 26.4 Å². The first-order valence-corrected chi connectivity index (χ1v) is 49.7. The zero-order chi connectivity index (χ0) is 89.9. The van der Waals surface area contributed by atoms with Gasteiger partial charge in [0.25, 0.3) is 29.5 Å². The molecule has 0 spiro atoms. The fourth-order valence-electron chi connectivity index (χ4n) is 12.0. The lowest BCUT2D eigenvalue weighted by atomic mass is 9.79. The van der Waals surface area contributed by atoms with Gasteiger partial charge in [-0.15, -0.1) is 32.8 Å². The molecule has 7 amide bonds. The van der Waals surface area contributed by atoms with Crippen molar-refractivity contribution in [2.24, 2.45) is 17.7 Å². The Morgan fingerprint density at radius 1 is 0.421 bits per heavy atom. The zero-order valence-corrected chi connectivity index (χ0v) is 76.7. The first-order valence-electron chi connectivity index (χ1n) is 40.9. The van der Waals surface area contributed by atoms with Gasteiger partial charge in [-0.05, 0) is 106 Å². The van der Waals surface area contributed by atoms with E-state index in [0.29, 0.717) is 85.8 Å². The molecule has 14 rings (SSSR count).